The zero-order valence-electron chi connectivity index (χ0n) is 14.7. The molecule has 0 aromatic carbocycles. The van der Waals surface area contributed by atoms with Gasteiger partial charge in [0, 0.05) is 37.5 Å². The highest BCUT2D eigenvalue weighted by molar-refractivity contribution is 5.82. The summed E-state index contributed by atoms with van der Waals surface area (Å²) in [6, 6.07) is -0.211. The predicted molar refractivity (Wildman–Crippen MR) is 90.3 cm³/mol. The van der Waals surface area contributed by atoms with Crippen LogP contribution >= 0.6 is 0 Å². The average Bonchev–Trinajstić information content (AvgIpc) is 2.96. The Balaban J connectivity index is 1.60. The predicted octanol–water partition coefficient (Wildman–Crippen LogP) is 1.40. The summed E-state index contributed by atoms with van der Waals surface area (Å²) in [5.74, 6) is 1.98. The van der Waals surface area contributed by atoms with E-state index in [1.807, 2.05) is 19.3 Å². The van der Waals surface area contributed by atoms with Crippen molar-refractivity contribution < 1.29 is 9.32 Å². The minimum atomic E-state index is -0.211. The van der Waals surface area contributed by atoms with Crippen LogP contribution in [0, 0.1) is 6.92 Å². The normalized spacial score (nSPS) is 18.4. The molecule has 0 bridgehead atoms. The van der Waals surface area contributed by atoms with E-state index in [0.29, 0.717) is 31.3 Å². The number of carbonyl (C=O) groups excluding carboxylic acids is 1. The maximum Gasteiger partial charge on any atom is 0.246 e. The molecule has 2 aromatic heterocycles. The van der Waals surface area contributed by atoms with Gasteiger partial charge in [0.2, 0.25) is 11.8 Å². The third-order valence-electron chi connectivity index (χ3n) is 4.30. The van der Waals surface area contributed by atoms with Gasteiger partial charge in [-0.3, -0.25) is 4.79 Å². The van der Waals surface area contributed by atoms with Crippen molar-refractivity contribution in [3.05, 3.63) is 35.5 Å². The van der Waals surface area contributed by atoms with Gasteiger partial charge < -0.3 is 14.7 Å². The summed E-state index contributed by atoms with van der Waals surface area (Å²) in [6.45, 7) is 5.46. The fraction of sp³-hybridized carbons (Fsp3) is 0.588. The first-order valence-electron chi connectivity index (χ1n) is 8.77. The molecule has 25 heavy (non-hydrogen) atoms. The molecule has 1 saturated heterocycles. The van der Waals surface area contributed by atoms with Crippen LogP contribution in [-0.2, 0) is 24.3 Å². The van der Waals surface area contributed by atoms with Gasteiger partial charge in [0.05, 0.1) is 6.04 Å². The molecule has 0 aliphatic carbocycles. The van der Waals surface area contributed by atoms with Crippen molar-refractivity contribution in [1.82, 2.24) is 30.3 Å². The highest BCUT2D eigenvalue weighted by Gasteiger charge is 2.27. The van der Waals surface area contributed by atoms with Gasteiger partial charge in [-0.05, 0) is 26.2 Å². The van der Waals surface area contributed by atoms with Gasteiger partial charge in [0.25, 0.3) is 0 Å². The Morgan fingerprint density at radius 3 is 2.80 bits per heavy atom. The molecule has 0 saturated carbocycles. The van der Waals surface area contributed by atoms with Crippen LogP contribution in [0.1, 0.15) is 49.3 Å². The zero-order chi connectivity index (χ0) is 17.6. The Morgan fingerprint density at radius 1 is 1.32 bits per heavy atom. The van der Waals surface area contributed by atoms with Crippen LogP contribution in [-0.4, -0.2) is 43.5 Å². The van der Waals surface area contributed by atoms with Crippen LogP contribution in [0.4, 0.5) is 0 Å². The summed E-state index contributed by atoms with van der Waals surface area (Å²) < 4.78 is 5.15. The minimum absolute atomic E-state index is 0.0828. The number of rotatable bonds is 6. The SMILES string of the molecule is CCc1ncc(CNC2CCCCN(Cc3nc(C)no3)C2=O)cn1. The van der Waals surface area contributed by atoms with Gasteiger partial charge in [-0.15, -0.1) is 0 Å². The number of likely N-dealkylation sites (tertiary alicyclic amines) is 1. The van der Waals surface area contributed by atoms with Gasteiger partial charge in [0.1, 0.15) is 12.4 Å². The molecule has 2 aromatic rings. The van der Waals surface area contributed by atoms with Gasteiger partial charge in [0.15, 0.2) is 5.82 Å². The first-order valence-corrected chi connectivity index (χ1v) is 8.77. The molecule has 1 aliphatic rings. The fourth-order valence-corrected chi connectivity index (χ4v) is 2.92. The number of aromatic nitrogens is 4. The molecule has 3 rings (SSSR count). The summed E-state index contributed by atoms with van der Waals surface area (Å²) in [6.07, 6.45) is 7.27. The Bertz CT molecular complexity index is 699. The van der Waals surface area contributed by atoms with Crippen molar-refractivity contribution in [2.75, 3.05) is 6.54 Å². The van der Waals surface area contributed by atoms with Crippen LogP contribution in [0.25, 0.3) is 0 Å². The second-order valence-electron chi connectivity index (χ2n) is 6.29. The largest absolute Gasteiger partial charge is 0.337 e. The number of hydrogen-bond acceptors (Lipinski definition) is 7. The molecule has 0 radical (unpaired) electrons. The number of amides is 1. The average molecular weight is 344 g/mol. The van der Waals surface area contributed by atoms with Crippen molar-refractivity contribution in [2.45, 2.75) is 58.7 Å². The molecule has 1 fully saturated rings. The lowest BCUT2D eigenvalue weighted by Crippen LogP contribution is -2.44. The molecule has 1 aliphatic heterocycles. The number of nitrogens with one attached hydrogen (secondary N) is 1. The quantitative estimate of drug-likeness (QED) is 0.846. The molecule has 1 atom stereocenters. The number of nitrogens with zero attached hydrogens (tertiary/aromatic N) is 5. The summed E-state index contributed by atoms with van der Waals surface area (Å²) in [7, 11) is 0. The van der Waals surface area contributed by atoms with Crippen LogP contribution in [0.15, 0.2) is 16.9 Å². The van der Waals surface area contributed by atoms with E-state index < -0.39 is 0 Å². The Hall–Kier alpha value is -2.35. The van der Waals surface area contributed by atoms with Gasteiger partial charge in [-0.1, -0.05) is 12.1 Å². The Labute approximate surface area is 147 Å². The molecular weight excluding hydrogens is 320 g/mol. The van der Waals surface area contributed by atoms with E-state index in [1.54, 1.807) is 11.8 Å². The molecule has 134 valence electrons. The standard InChI is InChI=1S/C17H24N6O2/c1-3-15-19-9-13(10-20-15)8-18-14-6-4-5-7-23(17(14)24)11-16-21-12(2)22-25-16/h9-10,14,18H,3-8,11H2,1-2H3. The van der Waals surface area contributed by atoms with Crippen LogP contribution in [0.2, 0.25) is 0 Å². The number of aryl methyl sites for hydroxylation is 2. The lowest BCUT2D eigenvalue weighted by atomic mass is 10.1. The highest BCUT2D eigenvalue weighted by atomic mass is 16.5. The first-order chi connectivity index (χ1) is 12.2. The molecule has 1 unspecified atom stereocenters. The molecule has 3 heterocycles. The van der Waals surface area contributed by atoms with E-state index in [4.69, 9.17) is 4.52 Å². The van der Waals surface area contributed by atoms with Crippen LogP contribution in [0.3, 0.4) is 0 Å². The third kappa shape index (κ3) is 4.60. The zero-order valence-corrected chi connectivity index (χ0v) is 14.7. The van der Waals surface area contributed by atoms with Crippen LogP contribution < -0.4 is 5.32 Å². The Morgan fingerprint density at radius 2 is 2.12 bits per heavy atom. The van der Waals surface area contributed by atoms with Crippen LogP contribution in [0.5, 0.6) is 0 Å². The lowest BCUT2D eigenvalue weighted by molar-refractivity contribution is -0.133. The van der Waals surface area contributed by atoms with E-state index in [9.17, 15) is 4.79 Å². The van der Waals surface area contributed by atoms with E-state index in [-0.39, 0.29) is 11.9 Å². The fourth-order valence-electron chi connectivity index (χ4n) is 2.92. The summed E-state index contributed by atoms with van der Waals surface area (Å²) in [5.41, 5.74) is 0.980. The second-order valence-corrected chi connectivity index (χ2v) is 6.29. The molecule has 1 N–H and O–H groups in total. The smallest absolute Gasteiger partial charge is 0.246 e. The van der Waals surface area contributed by atoms with E-state index >= 15 is 0 Å². The molecule has 0 spiro atoms. The van der Waals surface area contributed by atoms with Crippen molar-refractivity contribution >= 4 is 5.91 Å². The van der Waals surface area contributed by atoms with E-state index in [1.165, 1.54) is 0 Å². The molecule has 8 nitrogen and oxygen atoms in total. The number of carbonyl (C=O) groups is 1. The molecule has 8 heteroatoms. The monoisotopic (exact) mass is 344 g/mol. The maximum atomic E-state index is 12.8. The lowest BCUT2D eigenvalue weighted by Gasteiger charge is -2.23. The van der Waals surface area contributed by atoms with Gasteiger partial charge >= 0.3 is 0 Å². The third-order valence-corrected chi connectivity index (χ3v) is 4.30. The van der Waals surface area contributed by atoms with Crippen molar-refractivity contribution in [3.8, 4) is 0 Å². The molecular formula is C17H24N6O2. The van der Waals surface area contributed by atoms with Crippen molar-refractivity contribution in [2.24, 2.45) is 0 Å². The topological polar surface area (TPSA) is 97.0 Å². The first kappa shape index (κ1) is 17.5. The van der Waals surface area contributed by atoms with Gasteiger partial charge in [-0.25, -0.2) is 9.97 Å². The minimum Gasteiger partial charge on any atom is -0.337 e. The maximum absolute atomic E-state index is 12.8. The summed E-state index contributed by atoms with van der Waals surface area (Å²) >= 11 is 0. The van der Waals surface area contributed by atoms with Crippen molar-refractivity contribution in [3.63, 3.8) is 0 Å². The highest BCUT2D eigenvalue weighted by Crippen LogP contribution is 2.15. The summed E-state index contributed by atoms with van der Waals surface area (Å²) in [5, 5.41) is 7.13. The molecule has 1 amide bonds. The van der Waals surface area contributed by atoms with Gasteiger partial charge in [-0.2, -0.15) is 4.98 Å². The second kappa shape index (κ2) is 8.15. The van der Waals surface area contributed by atoms with Crippen molar-refractivity contribution in [1.29, 1.82) is 0 Å². The Kier molecular flexibility index (Phi) is 5.70. The number of hydrogen-bond donors (Lipinski definition) is 1. The summed E-state index contributed by atoms with van der Waals surface area (Å²) in [4.78, 5) is 27.4. The van der Waals surface area contributed by atoms with E-state index in [0.717, 1.165) is 37.1 Å². The van der Waals surface area contributed by atoms with E-state index in [2.05, 4.69) is 25.4 Å².